The molecule has 4 heterocycles. The number of pyridine rings is 1. The lowest BCUT2D eigenvalue weighted by Gasteiger charge is -2.32. The van der Waals surface area contributed by atoms with E-state index in [0.717, 1.165) is 48.7 Å². The number of carbonyl (C=O) groups is 1. The Labute approximate surface area is 163 Å². The van der Waals surface area contributed by atoms with Crippen LogP contribution in [0.3, 0.4) is 0 Å². The number of thiophene rings is 1. The molecule has 1 aliphatic rings. The number of aromatic nitrogens is 3. The largest absolute Gasteiger partial charge is 0.337 e. The maximum Gasteiger partial charge on any atom is 0.263 e. The average Bonchev–Trinajstić information content (AvgIpc) is 3.38. The molecule has 0 N–H and O–H groups in total. The molecule has 0 aromatic carbocycles. The van der Waals surface area contributed by atoms with E-state index in [1.807, 2.05) is 47.8 Å². The molecule has 0 bridgehead atoms. The standard InChI is InChI=1S/C21H24N4OS/c1-2-18-8-9-19(27-18)21(26)25-12-5-6-16(14-25)20-23-11-13-24(20)15-17-7-3-4-10-22-17/h3-4,7-11,13,16H,2,5-6,12,14-15H2,1H3/t16-/m1/s1. The number of carbonyl (C=O) groups excluding carboxylic acids is 1. The molecule has 0 saturated carbocycles. The fraction of sp³-hybridized carbons (Fsp3) is 0.381. The topological polar surface area (TPSA) is 51.0 Å². The Morgan fingerprint density at radius 1 is 1.22 bits per heavy atom. The van der Waals surface area contributed by atoms with E-state index in [-0.39, 0.29) is 11.8 Å². The molecular formula is C21H24N4OS. The lowest BCUT2D eigenvalue weighted by atomic mass is 9.97. The van der Waals surface area contributed by atoms with Gasteiger partial charge in [0.2, 0.25) is 0 Å². The quantitative estimate of drug-likeness (QED) is 0.673. The molecule has 1 amide bonds. The molecule has 0 spiro atoms. The number of nitrogens with zero attached hydrogens (tertiary/aromatic N) is 4. The Morgan fingerprint density at radius 2 is 2.15 bits per heavy atom. The smallest absolute Gasteiger partial charge is 0.263 e. The second kappa shape index (κ2) is 8.05. The molecular weight excluding hydrogens is 356 g/mol. The SMILES string of the molecule is CCc1ccc(C(=O)N2CCC[C@@H](c3nccn3Cc3ccccn3)C2)s1. The molecule has 1 saturated heterocycles. The van der Waals surface area contributed by atoms with Gasteiger partial charge in [0.25, 0.3) is 5.91 Å². The molecule has 5 nitrogen and oxygen atoms in total. The highest BCUT2D eigenvalue weighted by Crippen LogP contribution is 2.28. The average molecular weight is 381 g/mol. The molecule has 140 valence electrons. The second-order valence-electron chi connectivity index (χ2n) is 6.94. The molecule has 1 fully saturated rings. The number of hydrogen-bond donors (Lipinski definition) is 0. The first-order valence-corrected chi connectivity index (χ1v) is 10.3. The van der Waals surface area contributed by atoms with Crippen molar-refractivity contribution in [3.8, 4) is 0 Å². The second-order valence-corrected chi connectivity index (χ2v) is 8.11. The van der Waals surface area contributed by atoms with Crippen LogP contribution in [-0.4, -0.2) is 38.4 Å². The van der Waals surface area contributed by atoms with Crippen LogP contribution in [0.15, 0.2) is 48.9 Å². The van der Waals surface area contributed by atoms with Crippen LogP contribution in [0.2, 0.25) is 0 Å². The van der Waals surface area contributed by atoms with E-state index >= 15 is 0 Å². The van der Waals surface area contributed by atoms with Crippen molar-refractivity contribution < 1.29 is 4.79 Å². The third-order valence-corrected chi connectivity index (χ3v) is 6.32. The normalized spacial score (nSPS) is 17.2. The fourth-order valence-corrected chi connectivity index (χ4v) is 4.61. The van der Waals surface area contributed by atoms with Gasteiger partial charge >= 0.3 is 0 Å². The predicted molar refractivity (Wildman–Crippen MR) is 107 cm³/mol. The van der Waals surface area contributed by atoms with E-state index in [9.17, 15) is 4.79 Å². The summed E-state index contributed by atoms with van der Waals surface area (Å²) in [4.78, 5) is 26.1. The monoisotopic (exact) mass is 380 g/mol. The number of hydrogen-bond acceptors (Lipinski definition) is 4. The van der Waals surface area contributed by atoms with E-state index < -0.39 is 0 Å². The molecule has 0 radical (unpaired) electrons. The van der Waals surface area contributed by atoms with Crippen LogP contribution < -0.4 is 0 Å². The number of imidazole rings is 1. The lowest BCUT2D eigenvalue weighted by molar-refractivity contribution is 0.0708. The minimum atomic E-state index is 0.159. The van der Waals surface area contributed by atoms with Crippen molar-refractivity contribution in [3.05, 3.63) is 70.2 Å². The van der Waals surface area contributed by atoms with E-state index in [1.165, 1.54) is 4.88 Å². The van der Waals surface area contributed by atoms with Crippen molar-refractivity contribution in [3.63, 3.8) is 0 Å². The highest BCUT2D eigenvalue weighted by molar-refractivity contribution is 7.14. The molecule has 3 aromatic heterocycles. The van der Waals surface area contributed by atoms with Crippen molar-refractivity contribution in [1.29, 1.82) is 0 Å². The van der Waals surface area contributed by atoms with Crippen molar-refractivity contribution in [2.75, 3.05) is 13.1 Å². The first-order chi connectivity index (χ1) is 13.2. The summed E-state index contributed by atoms with van der Waals surface area (Å²) in [6, 6.07) is 10.0. The molecule has 3 aromatic rings. The maximum absolute atomic E-state index is 12.9. The van der Waals surface area contributed by atoms with Gasteiger partial charge in [0.1, 0.15) is 5.82 Å². The zero-order valence-electron chi connectivity index (χ0n) is 15.5. The number of amides is 1. The highest BCUT2D eigenvalue weighted by atomic mass is 32.1. The van der Waals surface area contributed by atoms with Gasteiger partial charge in [-0.3, -0.25) is 9.78 Å². The van der Waals surface area contributed by atoms with Crippen LogP contribution in [0, 0.1) is 0 Å². The van der Waals surface area contributed by atoms with Crippen molar-refractivity contribution in [2.45, 2.75) is 38.6 Å². The summed E-state index contributed by atoms with van der Waals surface area (Å²) in [7, 11) is 0. The molecule has 0 aliphatic carbocycles. The summed E-state index contributed by atoms with van der Waals surface area (Å²) in [5, 5.41) is 0. The predicted octanol–water partition coefficient (Wildman–Crippen LogP) is 3.97. The number of rotatable bonds is 5. The number of aryl methyl sites for hydroxylation is 1. The summed E-state index contributed by atoms with van der Waals surface area (Å²) in [6.45, 7) is 4.40. The Morgan fingerprint density at radius 3 is 2.93 bits per heavy atom. The van der Waals surface area contributed by atoms with Crippen molar-refractivity contribution >= 4 is 17.2 Å². The molecule has 0 unspecified atom stereocenters. The summed E-state index contributed by atoms with van der Waals surface area (Å²) < 4.78 is 2.17. The summed E-state index contributed by atoms with van der Waals surface area (Å²) in [5.74, 6) is 1.48. The Balaban J connectivity index is 1.49. The molecule has 6 heteroatoms. The third-order valence-electron chi connectivity index (χ3n) is 5.10. The number of piperidine rings is 1. The molecule has 27 heavy (non-hydrogen) atoms. The zero-order valence-corrected chi connectivity index (χ0v) is 16.4. The van der Waals surface area contributed by atoms with E-state index in [1.54, 1.807) is 11.3 Å². The van der Waals surface area contributed by atoms with Gasteiger partial charge in [-0.15, -0.1) is 11.3 Å². The van der Waals surface area contributed by atoms with E-state index in [2.05, 4.69) is 27.5 Å². The minimum absolute atomic E-state index is 0.159. The third kappa shape index (κ3) is 3.95. The van der Waals surface area contributed by atoms with Gasteiger partial charge in [0.05, 0.1) is 17.1 Å². The fourth-order valence-electron chi connectivity index (χ4n) is 3.69. The molecule has 1 atom stereocenters. The Bertz CT molecular complexity index is 902. The minimum Gasteiger partial charge on any atom is -0.337 e. The number of likely N-dealkylation sites (tertiary alicyclic amines) is 1. The Kier molecular flexibility index (Phi) is 5.34. The van der Waals surface area contributed by atoms with Gasteiger partial charge < -0.3 is 9.47 Å². The van der Waals surface area contributed by atoms with E-state index in [0.29, 0.717) is 6.54 Å². The van der Waals surface area contributed by atoms with Crippen molar-refractivity contribution in [1.82, 2.24) is 19.4 Å². The van der Waals surface area contributed by atoms with Gasteiger partial charge in [-0.25, -0.2) is 4.98 Å². The first-order valence-electron chi connectivity index (χ1n) is 9.53. The van der Waals surface area contributed by atoms with Crippen LogP contribution in [0.5, 0.6) is 0 Å². The van der Waals surface area contributed by atoms with Crippen LogP contribution in [-0.2, 0) is 13.0 Å². The summed E-state index contributed by atoms with van der Waals surface area (Å²) in [6.07, 6.45) is 8.74. The Hall–Kier alpha value is -2.47. The lowest BCUT2D eigenvalue weighted by Crippen LogP contribution is -2.39. The summed E-state index contributed by atoms with van der Waals surface area (Å²) in [5.41, 5.74) is 1.02. The van der Waals surface area contributed by atoms with Gasteiger partial charge in [0.15, 0.2) is 0 Å². The van der Waals surface area contributed by atoms with Crippen LogP contribution >= 0.6 is 11.3 Å². The van der Waals surface area contributed by atoms with Gasteiger partial charge in [-0.2, -0.15) is 0 Å². The first kappa shape index (κ1) is 17.9. The molecule has 4 rings (SSSR count). The van der Waals surface area contributed by atoms with Gasteiger partial charge in [-0.1, -0.05) is 13.0 Å². The van der Waals surface area contributed by atoms with Gasteiger partial charge in [-0.05, 0) is 43.5 Å². The maximum atomic E-state index is 12.9. The van der Waals surface area contributed by atoms with Crippen LogP contribution in [0.25, 0.3) is 0 Å². The van der Waals surface area contributed by atoms with E-state index in [4.69, 9.17) is 0 Å². The van der Waals surface area contributed by atoms with Gasteiger partial charge in [0, 0.05) is 42.5 Å². The summed E-state index contributed by atoms with van der Waals surface area (Å²) >= 11 is 1.62. The zero-order chi connectivity index (χ0) is 18.6. The van der Waals surface area contributed by atoms with Crippen LogP contribution in [0.1, 0.15) is 51.8 Å². The molecule has 1 aliphatic heterocycles. The highest BCUT2D eigenvalue weighted by Gasteiger charge is 2.28. The van der Waals surface area contributed by atoms with Crippen molar-refractivity contribution in [2.24, 2.45) is 0 Å². The van der Waals surface area contributed by atoms with Crippen LogP contribution in [0.4, 0.5) is 0 Å².